The van der Waals surface area contributed by atoms with Crippen LogP contribution in [-0.2, 0) is 0 Å². The van der Waals surface area contributed by atoms with Crippen molar-refractivity contribution < 1.29 is 10.2 Å². The second-order valence-electron chi connectivity index (χ2n) is 11.4. The highest BCUT2D eigenvalue weighted by atomic mass is 16.3. The van der Waals surface area contributed by atoms with E-state index in [-0.39, 0.29) is 0 Å². The van der Waals surface area contributed by atoms with Crippen LogP contribution in [0.15, 0.2) is 35.5 Å². The summed E-state index contributed by atoms with van der Waals surface area (Å²) in [5.74, 6) is 3.95. The van der Waals surface area contributed by atoms with Gasteiger partial charge in [0.1, 0.15) is 0 Å². The van der Waals surface area contributed by atoms with Gasteiger partial charge in [-0.3, -0.25) is 0 Å². The minimum absolute atomic E-state index is 0.419. The fraction of sp³-hybridized carbons (Fsp3) is 0.786. The van der Waals surface area contributed by atoms with Gasteiger partial charge in [-0.25, -0.2) is 0 Å². The molecule has 7 atom stereocenters. The van der Waals surface area contributed by atoms with Crippen LogP contribution in [0.2, 0.25) is 0 Å². The Morgan fingerprint density at radius 3 is 2.53 bits per heavy atom. The van der Waals surface area contributed by atoms with Crippen molar-refractivity contribution in [3.05, 3.63) is 35.5 Å². The lowest BCUT2D eigenvalue weighted by Gasteiger charge is -2.44. The molecule has 0 aromatic heterocycles. The predicted molar refractivity (Wildman–Crippen MR) is 127 cm³/mol. The Labute approximate surface area is 185 Å². The first kappa shape index (κ1) is 23.8. The first-order valence-electron chi connectivity index (χ1n) is 12.6. The number of hydrogen-bond acceptors (Lipinski definition) is 2. The highest BCUT2D eigenvalue weighted by Gasteiger charge is 2.50. The summed E-state index contributed by atoms with van der Waals surface area (Å²) in [5, 5.41) is 20.2. The zero-order valence-electron chi connectivity index (χ0n) is 20.2. The third-order valence-corrected chi connectivity index (χ3v) is 9.20. The molecule has 170 valence electrons. The van der Waals surface area contributed by atoms with E-state index >= 15 is 0 Å². The molecule has 3 saturated carbocycles. The van der Waals surface area contributed by atoms with Crippen molar-refractivity contribution in [2.24, 2.45) is 35.0 Å². The fourth-order valence-electron chi connectivity index (χ4n) is 6.74. The molecule has 0 radical (unpaired) electrons. The smallest absolute Gasteiger partial charge is 0.0811 e. The molecule has 30 heavy (non-hydrogen) atoms. The summed E-state index contributed by atoms with van der Waals surface area (Å²) in [6.45, 7) is 16.3. The van der Waals surface area contributed by atoms with Gasteiger partial charge in [-0.15, -0.1) is 0 Å². The van der Waals surface area contributed by atoms with Crippen molar-refractivity contribution in [1.29, 1.82) is 0 Å². The van der Waals surface area contributed by atoms with Gasteiger partial charge in [-0.2, -0.15) is 0 Å². The van der Waals surface area contributed by atoms with Crippen molar-refractivity contribution in [1.82, 2.24) is 0 Å². The summed E-state index contributed by atoms with van der Waals surface area (Å²) in [5.41, 5.74) is 3.87. The van der Waals surface area contributed by atoms with E-state index < -0.39 is 12.2 Å². The molecule has 0 saturated heterocycles. The molecule has 0 unspecified atom stereocenters. The molecule has 3 rings (SSSR count). The first-order valence-corrected chi connectivity index (χ1v) is 12.6. The number of hydrogen-bond donors (Lipinski definition) is 2. The molecule has 2 N–H and O–H groups in total. The van der Waals surface area contributed by atoms with Crippen molar-refractivity contribution in [2.75, 3.05) is 0 Å². The van der Waals surface area contributed by atoms with E-state index in [2.05, 4.69) is 53.3 Å². The monoisotopic (exact) mass is 414 g/mol. The van der Waals surface area contributed by atoms with Crippen LogP contribution < -0.4 is 0 Å². The van der Waals surface area contributed by atoms with E-state index in [1.807, 2.05) is 0 Å². The average molecular weight is 415 g/mol. The topological polar surface area (TPSA) is 40.5 Å². The van der Waals surface area contributed by atoms with Crippen molar-refractivity contribution in [3.63, 3.8) is 0 Å². The number of rotatable bonds is 6. The largest absolute Gasteiger partial charge is 0.393 e. The third kappa shape index (κ3) is 4.96. The lowest BCUT2D eigenvalue weighted by Crippen LogP contribution is -2.36. The van der Waals surface area contributed by atoms with Crippen LogP contribution in [0.4, 0.5) is 0 Å². The van der Waals surface area contributed by atoms with E-state index in [9.17, 15) is 10.2 Å². The lowest BCUT2D eigenvalue weighted by molar-refractivity contribution is 0.0861. The van der Waals surface area contributed by atoms with Gasteiger partial charge in [0.15, 0.2) is 0 Å². The molecule has 0 spiro atoms. The van der Waals surface area contributed by atoms with Gasteiger partial charge in [-0.1, -0.05) is 71.8 Å². The van der Waals surface area contributed by atoms with Gasteiger partial charge in [-0.05, 0) is 84.7 Å². The SMILES string of the molecule is C=C1/C(=C\C=C2/CCC[C@]3(C)[C@@H]([C@H](C)CC[C@@H](C)C(C)C)CC[C@@H]23)C[C@@H](O)C[C@@H]1O. The molecular weight excluding hydrogens is 368 g/mol. The van der Waals surface area contributed by atoms with Crippen LogP contribution in [0.3, 0.4) is 0 Å². The Hall–Kier alpha value is -0.860. The van der Waals surface area contributed by atoms with Gasteiger partial charge in [0.25, 0.3) is 0 Å². The summed E-state index contributed by atoms with van der Waals surface area (Å²) in [7, 11) is 0. The van der Waals surface area contributed by atoms with Crippen molar-refractivity contribution in [2.45, 2.75) is 105 Å². The summed E-state index contributed by atoms with van der Waals surface area (Å²) in [6.07, 6.45) is 13.8. The predicted octanol–water partition coefficient (Wildman–Crippen LogP) is 6.84. The molecular formula is C28H46O2. The second kappa shape index (κ2) is 9.74. The minimum atomic E-state index is -0.597. The molecule has 2 nitrogen and oxygen atoms in total. The summed E-state index contributed by atoms with van der Waals surface area (Å²) in [4.78, 5) is 0. The number of fused-ring (bicyclic) bond motifs is 1. The van der Waals surface area contributed by atoms with Crippen molar-refractivity contribution >= 4 is 0 Å². The third-order valence-electron chi connectivity index (χ3n) is 9.20. The molecule has 0 heterocycles. The number of aliphatic hydroxyl groups excluding tert-OH is 2. The van der Waals surface area contributed by atoms with Gasteiger partial charge in [0.2, 0.25) is 0 Å². The maximum Gasteiger partial charge on any atom is 0.0811 e. The Morgan fingerprint density at radius 1 is 1.10 bits per heavy atom. The van der Waals surface area contributed by atoms with E-state index in [4.69, 9.17) is 0 Å². The van der Waals surface area contributed by atoms with Crippen LogP contribution in [0.1, 0.15) is 92.4 Å². The molecule has 3 aliphatic carbocycles. The quantitative estimate of drug-likeness (QED) is 0.500. The van der Waals surface area contributed by atoms with E-state index in [1.54, 1.807) is 5.57 Å². The highest BCUT2D eigenvalue weighted by molar-refractivity contribution is 5.38. The lowest BCUT2D eigenvalue weighted by atomic mass is 9.60. The van der Waals surface area contributed by atoms with Crippen LogP contribution >= 0.6 is 0 Å². The molecule has 3 fully saturated rings. The zero-order valence-corrected chi connectivity index (χ0v) is 20.2. The maximum absolute atomic E-state index is 10.1. The standard InChI is InChI=1S/C28H46O2/c1-18(2)19(3)9-10-20(4)25-13-14-26-22(8-7-15-28(25,26)6)11-12-23-16-24(29)17-27(30)21(23)5/h11-12,18-20,24-27,29-30H,5,7-10,13-17H2,1-4,6H3/b22-11+,23-12-/t19-,20-,24-,25-,26+,27+,28-/m1/s1. The number of allylic oxidation sites excluding steroid dienone is 3. The molecule has 0 bridgehead atoms. The zero-order chi connectivity index (χ0) is 22.1. The van der Waals surface area contributed by atoms with E-state index in [1.165, 1.54) is 44.9 Å². The Balaban J connectivity index is 1.72. The normalized spacial score (nSPS) is 39.5. The van der Waals surface area contributed by atoms with Gasteiger partial charge in [0.05, 0.1) is 12.2 Å². The van der Waals surface area contributed by atoms with Gasteiger partial charge < -0.3 is 10.2 Å². The van der Waals surface area contributed by atoms with Gasteiger partial charge in [0, 0.05) is 6.42 Å². The Bertz CT molecular complexity index is 672. The molecule has 0 aromatic carbocycles. The molecule has 0 aromatic rings. The number of aliphatic hydroxyl groups is 2. The van der Waals surface area contributed by atoms with E-state index in [0.717, 1.165) is 34.8 Å². The Morgan fingerprint density at radius 2 is 1.83 bits per heavy atom. The summed E-state index contributed by atoms with van der Waals surface area (Å²) < 4.78 is 0. The van der Waals surface area contributed by atoms with Crippen LogP contribution in [-0.4, -0.2) is 22.4 Å². The summed E-state index contributed by atoms with van der Waals surface area (Å²) in [6, 6.07) is 0. The minimum Gasteiger partial charge on any atom is -0.393 e. The summed E-state index contributed by atoms with van der Waals surface area (Å²) >= 11 is 0. The second-order valence-corrected chi connectivity index (χ2v) is 11.4. The van der Waals surface area contributed by atoms with Crippen LogP contribution in [0.5, 0.6) is 0 Å². The fourth-order valence-corrected chi connectivity index (χ4v) is 6.74. The molecule has 3 aliphatic rings. The first-order chi connectivity index (χ1) is 14.1. The average Bonchev–Trinajstić information content (AvgIpc) is 3.04. The van der Waals surface area contributed by atoms with Crippen LogP contribution in [0.25, 0.3) is 0 Å². The molecule has 0 aliphatic heterocycles. The van der Waals surface area contributed by atoms with E-state index in [0.29, 0.717) is 24.2 Å². The van der Waals surface area contributed by atoms with Gasteiger partial charge >= 0.3 is 0 Å². The highest BCUT2D eigenvalue weighted by Crippen LogP contribution is 2.60. The Kier molecular flexibility index (Phi) is 7.72. The molecule has 0 amide bonds. The maximum atomic E-state index is 10.1. The van der Waals surface area contributed by atoms with Crippen molar-refractivity contribution in [3.8, 4) is 0 Å². The molecule has 2 heteroatoms. The van der Waals surface area contributed by atoms with Crippen LogP contribution in [0, 0.1) is 35.0 Å².